The number of amides is 1. The van der Waals surface area contributed by atoms with Gasteiger partial charge in [-0.2, -0.15) is 25.2 Å². The fourth-order valence-electron chi connectivity index (χ4n) is 4.26. The molecule has 0 bridgehead atoms. The third-order valence-corrected chi connectivity index (χ3v) is 6.66. The number of fused-ring (bicyclic) bond motifs is 1. The summed E-state index contributed by atoms with van der Waals surface area (Å²) in [6.07, 6.45) is 1.64. The topological polar surface area (TPSA) is 186 Å². The molecule has 2 heterocycles. The highest BCUT2D eigenvalue weighted by Gasteiger charge is 2.23. The van der Waals surface area contributed by atoms with E-state index in [1.807, 2.05) is 6.92 Å². The van der Waals surface area contributed by atoms with Gasteiger partial charge >= 0.3 is 5.69 Å². The molecule has 4 aromatic rings. The van der Waals surface area contributed by atoms with Gasteiger partial charge in [-0.05, 0) is 75.4 Å². The van der Waals surface area contributed by atoms with Gasteiger partial charge in [0.2, 0.25) is 17.9 Å². The van der Waals surface area contributed by atoms with E-state index in [1.165, 1.54) is 6.92 Å². The number of anilines is 4. The lowest BCUT2D eigenvalue weighted by molar-refractivity contribution is -0.126. The molecular formula is C29H37N11O3. The summed E-state index contributed by atoms with van der Waals surface area (Å²) in [7, 11) is 0. The van der Waals surface area contributed by atoms with Crippen LogP contribution in [0.2, 0.25) is 0 Å². The molecule has 43 heavy (non-hydrogen) atoms. The molecule has 14 nitrogen and oxygen atoms in total. The largest absolute Gasteiger partial charge is 0.354 e. The predicted molar refractivity (Wildman–Crippen MR) is 166 cm³/mol. The molecule has 1 amide bonds. The van der Waals surface area contributed by atoms with Crippen molar-refractivity contribution in [1.29, 1.82) is 0 Å². The molecule has 1 atom stereocenters. The van der Waals surface area contributed by atoms with E-state index in [0.29, 0.717) is 46.6 Å². The molecule has 2 aromatic heterocycles. The molecule has 0 aliphatic carbocycles. The molecule has 1 unspecified atom stereocenters. The molecule has 2 aromatic carbocycles. The van der Waals surface area contributed by atoms with Gasteiger partial charge in [-0.3, -0.25) is 9.59 Å². The number of hydrogen-bond donors (Lipinski definition) is 5. The zero-order chi connectivity index (χ0) is 30.8. The number of carbonyl (C=O) groups excluding carboxylic acids is 2. The fourth-order valence-corrected chi connectivity index (χ4v) is 4.26. The van der Waals surface area contributed by atoms with Crippen molar-refractivity contribution in [2.45, 2.75) is 46.6 Å². The second kappa shape index (κ2) is 14.8. The molecule has 14 heteroatoms. The maximum atomic E-state index is 12.8. The smallest absolute Gasteiger partial charge is 0.323 e. The van der Waals surface area contributed by atoms with Gasteiger partial charge in [-0.1, -0.05) is 20.8 Å². The van der Waals surface area contributed by atoms with Crippen molar-refractivity contribution in [1.82, 2.24) is 29.8 Å². The maximum absolute atomic E-state index is 12.8. The van der Waals surface area contributed by atoms with E-state index in [-0.39, 0.29) is 5.69 Å². The predicted octanol–water partition coefficient (Wildman–Crippen LogP) is 4.17. The average Bonchev–Trinajstić information content (AvgIpc) is 3.37. The van der Waals surface area contributed by atoms with Gasteiger partial charge in [0.15, 0.2) is 5.78 Å². The molecule has 0 aliphatic rings. The number of ketones is 1. The number of azo groups is 1. The van der Waals surface area contributed by atoms with Crippen LogP contribution in [-0.4, -0.2) is 73.7 Å². The standard InChI is InChI=1S/C29H37N11O3/c1-5-24-35-27(30-15-8-16-40(6-2)7-3)37-28(36-24)32-19-9-11-20(12-10-19)38-39-25(18(4)41)26(42)31-21-13-14-22-23(17-21)34-29(43)33-22/h9-14,17,25H,5-8,15-16H2,1-4H3,(H,31,42)(H2,33,34,43)(H2,30,32,35,36,37). The quantitative estimate of drug-likeness (QED) is 0.0773. The number of nitrogens with one attached hydrogen (secondary N) is 5. The van der Waals surface area contributed by atoms with Crippen LogP contribution in [0.1, 0.15) is 39.9 Å². The van der Waals surface area contributed by atoms with E-state index in [4.69, 9.17) is 0 Å². The highest BCUT2D eigenvalue weighted by atomic mass is 16.2. The summed E-state index contributed by atoms with van der Waals surface area (Å²) in [6, 6.07) is 10.5. The Morgan fingerprint density at radius 3 is 2.33 bits per heavy atom. The third-order valence-electron chi connectivity index (χ3n) is 6.66. The van der Waals surface area contributed by atoms with Crippen LogP contribution in [0.15, 0.2) is 57.5 Å². The van der Waals surface area contributed by atoms with Gasteiger partial charge < -0.3 is 30.8 Å². The van der Waals surface area contributed by atoms with Crippen molar-refractivity contribution in [2.24, 2.45) is 10.2 Å². The Bertz CT molecular complexity index is 1620. The molecular weight excluding hydrogens is 550 g/mol. The molecule has 0 aliphatic heterocycles. The number of Topliss-reactive ketones (excluding diaryl/α,β-unsaturated/α-hetero) is 1. The summed E-state index contributed by atoms with van der Waals surface area (Å²) in [5.74, 6) is 0.515. The Morgan fingerprint density at radius 1 is 0.930 bits per heavy atom. The van der Waals surface area contributed by atoms with E-state index in [9.17, 15) is 14.4 Å². The highest BCUT2D eigenvalue weighted by molar-refractivity contribution is 6.10. The van der Waals surface area contributed by atoms with Crippen molar-refractivity contribution in [2.75, 3.05) is 42.1 Å². The molecule has 0 saturated heterocycles. The van der Waals surface area contributed by atoms with Crippen molar-refractivity contribution >= 4 is 51.7 Å². The van der Waals surface area contributed by atoms with Crippen molar-refractivity contribution in [3.8, 4) is 0 Å². The lowest BCUT2D eigenvalue weighted by Gasteiger charge is -2.17. The van der Waals surface area contributed by atoms with Gasteiger partial charge in [-0.15, -0.1) is 0 Å². The van der Waals surface area contributed by atoms with Crippen molar-refractivity contribution in [3.05, 3.63) is 58.8 Å². The number of nitrogens with zero attached hydrogens (tertiary/aromatic N) is 6. The van der Waals surface area contributed by atoms with Crippen molar-refractivity contribution in [3.63, 3.8) is 0 Å². The van der Waals surface area contributed by atoms with E-state index >= 15 is 0 Å². The second-order valence-electron chi connectivity index (χ2n) is 9.79. The summed E-state index contributed by atoms with van der Waals surface area (Å²) >= 11 is 0. The molecule has 4 rings (SSSR count). The summed E-state index contributed by atoms with van der Waals surface area (Å²) < 4.78 is 0. The zero-order valence-corrected chi connectivity index (χ0v) is 24.8. The Hall–Kier alpha value is -4.98. The summed E-state index contributed by atoms with van der Waals surface area (Å²) in [6.45, 7) is 11.4. The van der Waals surface area contributed by atoms with Crippen LogP contribution < -0.4 is 21.6 Å². The van der Waals surface area contributed by atoms with E-state index in [0.717, 1.165) is 38.3 Å². The first kappa shape index (κ1) is 31.0. The number of hydrogen-bond acceptors (Lipinski definition) is 11. The Labute approximate surface area is 248 Å². The van der Waals surface area contributed by atoms with Gasteiger partial charge in [-0.25, -0.2) is 4.79 Å². The maximum Gasteiger partial charge on any atom is 0.323 e. The Kier molecular flexibility index (Phi) is 10.6. The normalized spacial score (nSPS) is 12.1. The fraction of sp³-hybridized carbons (Fsp3) is 0.379. The lowest BCUT2D eigenvalue weighted by atomic mass is 10.2. The average molecular weight is 588 g/mol. The minimum atomic E-state index is -1.34. The number of carbonyl (C=O) groups is 2. The molecule has 0 fully saturated rings. The summed E-state index contributed by atoms with van der Waals surface area (Å²) in [5.41, 5.74) is 2.36. The zero-order valence-electron chi connectivity index (χ0n) is 24.8. The highest BCUT2D eigenvalue weighted by Crippen LogP contribution is 2.21. The van der Waals surface area contributed by atoms with Crippen molar-refractivity contribution < 1.29 is 9.59 Å². The van der Waals surface area contributed by atoms with Crippen LogP contribution in [0.3, 0.4) is 0 Å². The van der Waals surface area contributed by atoms with Crippen LogP contribution >= 0.6 is 0 Å². The Morgan fingerprint density at radius 2 is 1.63 bits per heavy atom. The van der Waals surface area contributed by atoms with Crippen LogP contribution in [0.5, 0.6) is 0 Å². The van der Waals surface area contributed by atoms with Crippen LogP contribution in [0, 0.1) is 0 Å². The molecule has 0 spiro atoms. The monoisotopic (exact) mass is 587 g/mol. The molecule has 226 valence electrons. The lowest BCUT2D eigenvalue weighted by Crippen LogP contribution is -2.31. The molecule has 5 N–H and O–H groups in total. The third kappa shape index (κ3) is 8.75. The van der Waals surface area contributed by atoms with Gasteiger partial charge in [0.1, 0.15) is 5.82 Å². The van der Waals surface area contributed by atoms with Crippen LogP contribution in [0.25, 0.3) is 11.0 Å². The summed E-state index contributed by atoms with van der Waals surface area (Å²) in [4.78, 5) is 57.6. The number of aromatic amines is 2. The van der Waals surface area contributed by atoms with Gasteiger partial charge in [0, 0.05) is 24.3 Å². The van der Waals surface area contributed by atoms with Gasteiger partial charge in [0.25, 0.3) is 5.91 Å². The first-order valence-electron chi connectivity index (χ1n) is 14.3. The van der Waals surface area contributed by atoms with Crippen LogP contribution in [-0.2, 0) is 16.0 Å². The number of rotatable bonds is 15. The van der Waals surface area contributed by atoms with E-state index in [1.54, 1.807) is 42.5 Å². The second-order valence-corrected chi connectivity index (χ2v) is 9.79. The number of imidazole rings is 1. The SMILES string of the molecule is CCc1nc(NCCCN(CC)CC)nc(Nc2ccc(N=NC(C(C)=O)C(=O)Nc3ccc4[nH]c(=O)[nH]c4c3)cc2)n1. The Balaban J connectivity index is 1.37. The number of H-pyrrole nitrogens is 2. The number of benzene rings is 2. The minimum absolute atomic E-state index is 0.354. The van der Waals surface area contributed by atoms with Gasteiger partial charge in [0.05, 0.1) is 16.7 Å². The number of aromatic nitrogens is 5. The first-order valence-corrected chi connectivity index (χ1v) is 14.3. The first-order chi connectivity index (χ1) is 20.8. The number of aryl methyl sites for hydroxylation is 1. The van der Waals surface area contributed by atoms with E-state index < -0.39 is 17.7 Å². The summed E-state index contributed by atoms with van der Waals surface area (Å²) in [5, 5.41) is 17.2. The minimum Gasteiger partial charge on any atom is -0.354 e. The van der Waals surface area contributed by atoms with E-state index in [2.05, 4.69) is 69.8 Å². The van der Waals surface area contributed by atoms with Crippen LogP contribution in [0.4, 0.5) is 29.0 Å². The molecule has 0 saturated carbocycles. The molecule has 0 radical (unpaired) electrons.